The van der Waals surface area contributed by atoms with Gasteiger partial charge >= 0.3 is 11.9 Å². The van der Waals surface area contributed by atoms with E-state index in [1.54, 1.807) is 25.1 Å². The Kier molecular flexibility index (Phi) is 8.11. The number of ether oxygens (including phenoxy) is 4. The summed E-state index contributed by atoms with van der Waals surface area (Å²) in [5.74, 6) is 0.121. The first-order valence-electron chi connectivity index (χ1n) is 10.7. The van der Waals surface area contributed by atoms with Gasteiger partial charge in [0.25, 0.3) is 0 Å². The van der Waals surface area contributed by atoms with Gasteiger partial charge in [-0.15, -0.1) is 0 Å². The van der Waals surface area contributed by atoms with Gasteiger partial charge in [0.2, 0.25) is 5.90 Å². The lowest BCUT2D eigenvalue weighted by atomic mass is 10.0. The van der Waals surface area contributed by atoms with Crippen LogP contribution < -0.4 is 9.47 Å². The minimum Gasteiger partial charge on any atom is -0.490 e. The van der Waals surface area contributed by atoms with Gasteiger partial charge in [-0.25, -0.2) is 14.6 Å². The smallest absolute Gasteiger partial charge is 0.363 e. The number of cyclic esters (lactones) is 1. The molecule has 0 unspecified atom stereocenters. The standard InChI is InChI=1S/C25H26ClNO6/c1-5-30-21-13-16(11-19(26)23(21)32-14-22(28)31-6-2)12-20-25(29)33-24(27-20)18-9-7-17(8-10-18)15(3)4/h7-13,15H,5-6,14H2,1-4H3/b20-12-. The first-order valence-corrected chi connectivity index (χ1v) is 11.1. The van der Waals surface area contributed by atoms with E-state index in [4.69, 9.17) is 30.5 Å². The van der Waals surface area contributed by atoms with Crippen molar-refractivity contribution in [1.82, 2.24) is 0 Å². The summed E-state index contributed by atoms with van der Waals surface area (Å²) < 4.78 is 21.4. The Morgan fingerprint density at radius 1 is 1.12 bits per heavy atom. The van der Waals surface area contributed by atoms with Crippen LogP contribution in [0.25, 0.3) is 6.08 Å². The highest BCUT2D eigenvalue weighted by atomic mass is 35.5. The Morgan fingerprint density at radius 3 is 2.48 bits per heavy atom. The third kappa shape index (κ3) is 6.14. The first kappa shape index (κ1) is 24.3. The number of aliphatic imine (C=N–C) groups is 1. The summed E-state index contributed by atoms with van der Waals surface area (Å²) in [6, 6.07) is 11.0. The van der Waals surface area contributed by atoms with Gasteiger partial charge < -0.3 is 18.9 Å². The van der Waals surface area contributed by atoms with Crippen LogP contribution in [0.4, 0.5) is 0 Å². The Hall–Kier alpha value is -3.32. The predicted molar refractivity (Wildman–Crippen MR) is 126 cm³/mol. The fourth-order valence-corrected chi connectivity index (χ4v) is 3.38. The van der Waals surface area contributed by atoms with Crippen LogP contribution >= 0.6 is 11.6 Å². The van der Waals surface area contributed by atoms with Crippen LogP contribution in [0.15, 0.2) is 47.1 Å². The number of halogens is 1. The molecule has 0 amide bonds. The molecule has 7 nitrogen and oxygen atoms in total. The summed E-state index contributed by atoms with van der Waals surface area (Å²) in [7, 11) is 0. The highest BCUT2D eigenvalue weighted by Crippen LogP contribution is 2.37. The van der Waals surface area contributed by atoms with Crippen LogP contribution in [-0.2, 0) is 19.1 Å². The van der Waals surface area contributed by atoms with Gasteiger partial charge in [0, 0.05) is 5.56 Å². The van der Waals surface area contributed by atoms with E-state index in [-0.39, 0.29) is 35.6 Å². The largest absolute Gasteiger partial charge is 0.490 e. The molecule has 174 valence electrons. The van der Waals surface area contributed by atoms with Gasteiger partial charge in [-0.05, 0) is 61.2 Å². The maximum atomic E-state index is 12.4. The zero-order valence-electron chi connectivity index (χ0n) is 19.0. The molecule has 2 aromatic carbocycles. The molecule has 0 N–H and O–H groups in total. The van der Waals surface area contributed by atoms with Gasteiger partial charge in [-0.3, -0.25) is 0 Å². The zero-order chi connectivity index (χ0) is 24.0. The van der Waals surface area contributed by atoms with Gasteiger partial charge in [-0.2, -0.15) is 0 Å². The highest BCUT2D eigenvalue weighted by Gasteiger charge is 2.25. The lowest BCUT2D eigenvalue weighted by Gasteiger charge is -2.14. The number of carbonyl (C=O) groups is 2. The molecule has 0 fully saturated rings. The van der Waals surface area contributed by atoms with Crippen molar-refractivity contribution in [3.63, 3.8) is 0 Å². The Bertz CT molecular complexity index is 1090. The SMILES string of the molecule is CCOC(=O)COc1c(Cl)cc(/C=C2\N=C(c3ccc(C(C)C)cc3)OC2=O)cc1OCC. The summed E-state index contributed by atoms with van der Waals surface area (Å²) in [4.78, 5) is 28.4. The first-order chi connectivity index (χ1) is 15.8. The molecule has 0 spiro atoms. The van der Waals surface area contributed by atoms with E-state index in [9.17, 15) is 9.59 Å². The average molecular weight is 472 g/mol. The molecule has 0 radical (unpaired) electrons. The summed E-state index contributed by atoms with van der Waals surface area (Å²) >= 11 is 6.38. The molecule has 1 aliphatic rings. The summed E-state index contributed by atoms with van der Waals surface area (Å²) in [6.07, 6.45) is 1.56. The van der Waals surface area contributed by atoms with Gasteiger partial charge in [0.05, 0.1) is 18.2 Å². The molecule has 0 aliphatic carbocycles. The fourth-order valence-electron chi connectivity index (χ4n) is 3.11. The van der Waals surface area contributed by atoms with E-state index < -0.39 is 11.9 Å². The van der Waals surface area contributed by atoms with E-state index in [1.807, 2.05) is 31.2 Å². The number of carbonyl (C=O) groups excluding carboxylic acids is 2. The van der Waals surface area contributed by atoms with E-state index in [2.05, 4.69) is 18.8 Å². The molecule has 0 saturated heterocycles. The van der Waals surface area contributed by atoms with Crippen molar-refractivity contribution in [2.24, 2.45) is 4.99 Å². The van der Waals surface area contributed by atoms with Crippen molar-refractivity contribution in [2.45, 2.75) is 33.6 Å². The van der Waals surface area contributed by atoms with Crippen molar-refractivity contribution in [1.29, 1.82) is 0 Å². The number of benzene rings is 2. The lowest BCUT2D eigenvalue weighted by Crippen LogP contribution is -2.15. The number of esters is 2. The molecule has 0 atom stereocenters. The Labute approximate surface area is 198 Å². The van der Waals surface area contributed by atoms with Crippen molar-refractivity contribution in [2.75, 3.05) is 19.8 Å². The van der Waals surface area contributed by atoms with E-state index in [1.165, 1.54) is 5.56 Å². The molecule has 0 saturated carbocycles. The lowest BCUT2D eigenvalue weighted by molar-refractivity contribution is -0.145. The second-order valence-corrected chi connectivity index (χ2v) is 7.88. The molecule has 3 rings (SSSR count). The fraction of sp³-hybridized carbons (Fsp3) is 0.320. The molecule has 33 heavy (non-hydrogen) atoms. The van der Waals surface area contributed by atoms with Crippen molar-refractivity contribution < 1.29 is 28.5 Å². The molecule has 2 aromatic rings. The van der Waals surface area contributed by atoms with Crippen LogP contribution in [0.2, 0.25) is 5.02 Å². The highest BCUT2D eigenvalue weighted by molar-refractivity contribution is 6.32. The number of rotatable bonds is 9. The third-order valence-electron chi connectivity index (χ3n) is 4.72. The zero-order valence-corrected chi connectivity index (χ0v) is 19.8. The monoisotopic (exact) mass is 471 g/mol. The van der Waals surface area contributed by atoms with Crippen LogP contribution in [0, 0.1) is 0 Å². The molecule has 0 aromatic heterocycles. The summed E-state index contributed by atoms with van der Waals surface area (Å²) in [6.45, 7) is 8.04. The van der Waals surface area contributed by atoms with E-state index in [0.29, 0.717) is 29.4 Å². The van der Waals surface area contributed by atoms with Gasteiger partial charge in [0.15, 0.2) is 23.8 Å². The second kappa shape index (κ2) is 11.0. The molecule has 8 heteroatoms. The summed E-state index contributed by atoms with van der Waals surface area (Å²) in [5.41, 5.74) is 2.60. The maximum absolute atomic E-state index is 12.4. The van der Waals surface area contributed by atoms with Gasteiger partial charge in [0.1, 0.15) is 0 Å². The van der Waals surface area contributed by atoms with Crippen LogP contribution in [0.1, 0.15) is 50.3 Å². The normalized spacial score (nSPS) is 14.3. The Balaban J connectivity index is 1.86. The topological polar surface area (TPSA) is 83.4 Å². The summed E-state index contributed by atoms with van der Waals surface area (Å²) in [5, 5.41) is 0.219. The minimum absolute atomic E-state index is 0.136. The van der Waals surface area contributed by atoms with E-state index >= 15 is 0 Å². The number of nitrogens with zero attached hydrogens (tertiary/aromatic N) is 1. The maximum Gasteiger partial charge on any atom is 0.363 e. The Morgan fingerprint density at radius 2 is 1.85 bits per heavy atom. The molecule has 1 aliphatic heterocycles. The quantitative estimate of drug-likeness (QED) is 0.371. The average Bonchev–Trinajstić information content (AvgIpc) is 3.14. The molecular weight excluding hydrogens is 446 g/mol. The minimum atomic E-state index is -0.561. The van der Waals surface area contributed by atoms with Crippen molar-refractivity contribution >= 4 is 35.5 Å². The second-order valence-electron chi connectivity index (χ2n) is 7.47. The van der Waals surface area contributed by atoms with Gasteiger partial charge in [-0.1, -0.05) is 37.6 Å². The van der Waals surface area contributed by atoms with Crippen molar-refractivity contribution in [3.8, 4) is 11.5 Å². The number of hydrogen-bond acceptors (Lipinski definition) is 7. The van der Waals surface area contributed by atoms with Crippen molar-refractivity contribution in [3.05, 3.63) is 63.8 Å². The van der Waals surface area contributed by atoms with Crippen LogP contribution in [-0.4, -0.2) is 37.7 Å². The molecule has 1 heterocycles. The number of hydrogen-bond donors (Lipinski definition) is 0. The van der Waals surface area contributed by atoms with E-state index in [0.717, 1.165) is 0 Å². The molecule has 0 bridgehead atoms. The third-order valence-corrected chi connectivity index (χ3v) is 5.00. The van der Waals surface area contributed by atoms with Crippen LogP contribution in [0.5, 0.6) is 11.5 Å². The van der Waals surface area contributed by atoms with Crippen LogP contribution in [0.3, 0.4) is 0 Å². The molecular formula is C25H26ClNO6. The predicted octanol–water partition coefficient (Wildman–Crippen LogP) is 5.15.